The van der Waals surface area contributed by atoms with E-state index in [1.165, 1.54) is 4.31 Å². The van der Waals surface area contributed by atoms with Crippen LogP contribution in [0.25, 0.3) is 0 Å². The van der Waals surface area contributed by atoms with Gasteiger partial charge in [0.2, 0.25) is 10.0 Å². The lowest BCUT2D eigenvalue weighted by Gasteiger charge is -2.28. The van der Waals surface area contributed by atoms with Crippen LogP contribution in [0.1, 0.15) is 41.2 Å². The maximum Gasteiger partial charge on any atom is 0.262 e. The number of aryl methyl sites for hydroxylation is 2. The molecule has 1 aliphatic heterocycles. The number of rotatable bonds is 7. The molecule has 162 valence electrons. The molecule has 0 spiro atoms. The highest BCUT2D eigenvalue weighted by molar-refractivity contribution is 7.89. The SMILES string of the molecule is CCCS(=O)(=O)N1CCc2ccc(NC(=O)COc3cc(C)cc(C)c3C)cc2C1. The van der Waals surface area contributed by atoms with Crippen LogP contribution >= 0.6 is 0 Å². The molecule has 7 heteroatoms. The molecular formula is C23H30N2O4S. The fraction of sp³-hybridized carbons (Fsp3) is 0.435. The zero-order valence-corrected chi connectivity index (χ0v) is 18.9. The molecule has 0 unspecified atom stereocenters. The van der Waals surface area contributed by atoms with Crippen molar-refractivity contribution in [2.24, 2.45) is 0 Å². The molecule has 1 N–H and O–H groups in total. The second kappa shape index (κ2) is 9.18. The zero-order valence-electron chi connectivity index (χ0n) is 18.1. The monoisotopic (exact) mass is 430 g/mol. The van der Waals surface area contributed by atoms with Gasteiger partial charge >= 0.3 is 0 Å². The van der Waals surface area contributed by atoms with Gasteiger partial charge in [0.05, 0.1) is 5.75 Å². The van der Waals surface area contributed by atoms with Gasteiger partial charge in [0.1, 0.15) is 5.75 Å². The Morgan fingerprint density at radius 2 is 1.90 bits per heavy atom. The van der Waals surface area contributed by atoms with Gasteiger partial charge in [-0.1, -0.05) is 19.1 Å². The highest BCUT2D eigenvalue weighted by Gasteiger charge is 2.26. The second-order valence-electron chi connectivity index (χ2n) is 7.92. The van der Waals surface area contributed by atoms with Gasteiger partial charge in [-0.2, -0.15) is 4.31 Å². The normalized spacial score (nSPS) is 14.3. The van der Waals surface area contributed by atoms with E-state index < -0.39 is 10.0 Å². The summed E-state index contributed by atoms with van der Waals surface area (Å²) in [5, 5.41) is 2.86. The zero-order chi connectivity index (χ0) is 21.9. The van der Waals surface area contributed by atoms with Gasteiger partial charge in [0.15, 0.2) is 6.61 Å². The summed E-state index contributed by atoms with van der Waals surface area (Å²) in [6, 6.07) is 9.70. The quantitative estimate of drug-likeness (QED) is 0.726. The summed E-state index contributed by atoms with van der Waals surface area (Å²) in [5.74, 6) is 0.623. The van der Waals surface area contributed by atoms with Crippen LogP contribution in [0.5, 0.6) is 5.75 Å². The fourth-order valence-electron chi connectivity index (χ4n) is 3.72. The predicted molar refractivity (Wildman–Crippen MR) is 119 cm³/mol. The van der Waals surface area contributed by atoms with Gasteiger partial charge in [-0.3, -0.25) is 4.79 Å². The first-order chi connectivity index (χ1) is 14.2. The molecule has 30 heavy (non-hydrogen) atoms. The lowest BCUT2D eigenvalue weighted by molar-refractivity contribution is -0.118. The van der Waals surface area contributed by atoms with Crippen LogP contribution in [0.2, 0.25) is 0 Å². The minimum absolute atomic E-state index is 0.0855. The van der Waals surface area contributed by atoms with Crippen LogP contribution < -0.4 is 10.1 Å². The smallest absolute Gasteiger partial charge is 0.262 e. The van der Waals surface area contributed by atoms with Crippen molar-refractivity contribution in [2.75, 3.05) is 24.2 Å². The van der Waals surface area contributed by atoms with E-state index >= 15 is 0 Å². The third-order valence-corrected chi connectivity index (χ3v) is 7.47. The maximum atomic E-state index is 12.4. The second-order valence-corrected chi connectivity index (χ2v) is 10.0. The largest absolute Gasteiger partial charge is 0.483 e. The molecule has 0 saturated carbocycles. The number of carbonyl (C=O) groups is 1. The molecule has 0 aliphatic carbocycles. The predicted octanol–water partition coefficient (Wildman–Crippen LogP) is 3.73. The van der Waals surface area contributed by atoms with Crippen molar-refractivity contribution in [1.82, 2.24) is 4.31 Å². The van der Waals surface area contributed by atoms with Gasteiger partial charge in [-0.05, 0) is 79.6 Å². The Labute approximate surface area is 179 Å². The molecule has 6 nitrogen and oxygen atoms in total. The minimum Gasteiger partial charge on any atom is -0.483 e. The first-order valence-corrected chi connectivity index (χ1v) is 11.9. The van der Waals surface area contributed by atoms with E-state index in [0.717, 1.165) is 27.8 Å². The standard InChI is InChI=1S/C23H30N2O4S/c1-5-10-30(27,28)25-9-8-19-6-7-21(13-20(19)14-25)24-23(26)15-29-22-12-16(2)11-17(3)18(22)4/h6-7,11-13H,5,8-10,14-15H2,1-4H3,(H,24,26). The van der Waals surface area contributed by atoms with E-state index in [4.69, 9.17) is 4.74 Å². The number of nitrogens with zero attached hydrogens (tertiary/aromatic N) is 1. The van der Waals surface area contributed by atoms with Gasteiger partial charge in [-0.25, -0.2) is 8.42 Å². The van der Waals surface area contributed by atoms with Crippen LogP contribution in [0, 0.1) is 20.8 Å². The van der Waals surface area contributed by atoms with Gasteiger partial charge in [0, 0.05) is 18.8 Å². The first kappa shape index (κ1) is 22.3. The molecule has 1 heterocycles. The number of anilines is 1. The number of ether oxygens (including phenoxy) is 1. The van der Waals surface area contributed by atoms with E-state index in [-0.39, 0.29) is 18.3 Å². The number of benzene rings is 2. The van der Waals surface area contributed by atoms with Crippen molar-refractivity contribution < 1.29 is 17.9 Å². The molecule has 3 rings (SSSR count). The summed E-state index contributed by atoms with van der Waals surface area (Å²) in [7, 11) is -3.24. The number of carbonyl (C=O) groups excluding carboxylic acids is 1. The van der Waals surface area contributed by atoms with E-state index in [2.05, 4.69) is 11.4 Å². The summed E-state index contributed by atoms with van der Waals surface area (Å²) in [6.07, 6.45) is 1.28. The number of hydrogen-bond donors (Lipinski definition) is 1. The van der Waals surface area contributed by atoms with Crippen LogP contribution in [-0.2, 0) is 27.8 Å². The van der Waals surface area contributed by atoms with E-state index in [9.17, 15) is 13.2 Å². The molecule has 2 aromatic rings. The molecule has 1 amide bonds. The summed E-state index contributed by atoms with van der Waals surface area (Å²) >= 11 is 0. The third-order valence-electron chi connectivity index (χ3n) is 5.45. The number of amides is 1. The van der Waals surface area contributed by atoms with E-state index in [0.29, 0.717) is 37.4 Å². The van der Waals surface area contributed by atoms with Crippen LogP contribution in [0.15, 0.2) is 30.3 Å². The number of hydrogen-bond acceptors (Lipinski definition) is 4. The van der Waals surface area contributed by atoms with E-state index in [1.54, 1.807) is 0 Å². The van der Waals surface area contributed by atoms with Crippen molar-refractivity contribution in [3.05, 3.63) is 58.1 Å². The van der Waals surface area contributed by atoms with Crippen LogP contribution in [0.4, 0.5) is 5.69 Å². The van der Waals surface area contributed by atoms with Crippen LogP contribution in [-0.4, -0.2) is 37.5 Å². The Morgan fingerprint density at radius 1 is 1.13 bits per heavy atom. The van der Waals surface area contributed by atoms with Crippen molar-refractivity contribution in [2.45, 2.75) is 47.1 Å². The van der Waals surface area contributed by atoms with Crippen molar-refractivity contribution >= 4 is 21.6 Å². The summed E-state index contributed by atoms with van der Waals surface area (Å²) in [5.41, 5.74) is 5.95. The maximum absolute atomic E-state index is 12.4. The Balaban J connectivity index is 1.65. The molecule has 1 aliphatic rings. The molecular weight excluding hydrogens is 400 g/mol. The Bertz CT molecular complexity index is 1050. The molecule has 0 aromatic heterocycles. The van der Waals surface area contributed by atoms with Gasteiger partial charge in [0.25, 0.3) is 5.91 Å². The molecule has 2 aromatic carbocycles. The highest BCUT2D eigenvalue weighted by Crippen LogP contribution is 2.25. The average Bonchev–Trinajstić information content (AvgIpc) is 2.69. The summed E-state index contributed by atoms with van der Waals surface area (Å²) in [4.78, 5) is 12.4. The number of nitrogens with one attached hydrogen (secondary N) is 1. The Hall–Kier alpha value is -2.38. The topological polar surface area (TPSA) is 75.7 Å². The lowest BCUT2D eigenvalue weighted by atomic mass is 10.0. The first-order valence-electron chi connectivity index (χ1n) is 10.3. The molecule has 0 fully saturated rings. The average molecular weight is 431 g/mol. The fourth-order valence-corrected chi connectivity index (χ4v) is 5.20. The van der Waals surface area contributed by atoms with Crippen molar-refractivity contribution in [1.29, 1.82) is 0 Å². The minimum atomic E-state index is -3.24. The van der Waals surface area contributed by atoms with Crippen LogP contribution in [0.3, 0.4) is 0 Å². The molecule has 0 atom stereocenters. The van der Waals surface area contributed by atoms with Crippen molar-refractivity contribution in [3.63, 3.8) is 0 Å². The summed E-state index contributed by atoms with van der Waals surface area (Å²) < 4.78 is 32.1. The molecule has 0 saturated heterocycles. The Kier molecular flexibility index (Phi) is 6.83. The van der Waals surface area contributed by atoms with Gasteiger partial charge < -0.3 is 10.1 Å². The summed E-state index contributed by atoms with van der Waals surface area (Å²) in [6.45, 7) is 8.62. The lowest BCUT2D eigenvalue weighted by Crippen LogP contribution is -2.37. The number of sulfonamides is 1. The number of fused-ring (bicyclic) bond motifs is 1. The highest BCUT2D eigenvalue weighted by atomic mass is 32.2. The molecule has 0 radical (unpaired) electrons. The van der Waals surface area contributed by atoms with Crippen molar-refractivity contribution in [3.8, 4) is 5.75 Å². The molecule has 0 bridgehead atoms. The third kappa shape index (κ3) is 5.21. The Morgan fingerprint density at radius 3 is 2.63 bits per heavy atom. The van der Waals surface area contributed by atoms with Gasteiger partial charge in [-0.15, -0.1) is 0 Å². The van der Waals surface area contributed by atoms with E-state index in [1.807, 2.05) is 52.0 Å².